The van der Waals surface area contributed by atoms with Crippen molar-refractivity contribution < 1.29 is 39.6 Å². The number of pyridine rings is 7. The van der Waals surface area contributed by atoms with Crippen molar-refractivity contribution >= 4 is 160 Å². The number of Topliss-reactive ketones (excluding diaryl/α,β-unsaturated/α-hetero) is 4. The first-order valence-corrected chi connectivity index (χ1v) is 45.2. The van der Waals surface area contributed by atoms with Crippen LogP contribution in [0.1, 0.15) is 201 Å². The van der Waals surface area contributed by atoms with Crippen LogP contribution < -0.4 is 72.0 Å². The van der Waals surface area contributed by atoms with Crippen LogP contribution in [-0.2, 0) is 25.6 Å². The van der Waals surface area contributed by atoms with E-state index in [-0.39, 0.29) is 109 Å². The lowest BCUT2D eigenvalue weighted by Crippen LogP contribution is -2.32. The van der Waals surface area contributed by atoms with E-state index in [1.54, 1.807) is 81.2 Å². The molecule has 0 saturated heterocycles. The molecule has 0 aliphatic heterocycles. The van der Waals surface area contributed by atoms with Gasteiger partial charge in [-0.15, -0.1) is 0 Å². The Morgan fingerprint density at radius 2 is 0.654 bits per heavy atom. The van der Waals surface area contributed by atoms with Gasteiger partial charge in [-0.2, -0.15) is 29.9 Å². The maximum Gasteiger partial charge on any atom is 0.222 e. The minimum absolute atomic E-state index is 0.00945. The van der Waals surface area contributed by atoms with E-state index in [4.69, 9.17) is 45.2 Å². The lowest BCUT2D eigenvalue weighted by atomic mass is 9.96. The first-order chi connectivity index (χ1) is 64.0. The molecule has 0 unspecified atom stereocenters. The molecule has 0 aromatic carbocycles. The molecular formula is C93H130N32O8. The van der Waals surface area contributed by atoms with Crippen LogP contribution in [0.15, 0.2) is 122 Å². The van der Waals surface area contributed by atoms with Crippen LogP contribution in [0.4, 0.5) is 70.6 Å². The summed E-state index contributed by atoms with van der Waals surface area (Å²) >= 11 is 0. The zero-order valence-electron chi connectivity index (χ0n) is 77.6. The van der Waals surface area contributed by atoms with Crippen LogP contribution in [0.5, 0.6) is 0 Å². The molecule has 133 heavy (non-hydrogen) atoms. The van der Waals surface area contributed by atoms with Crippen molar-refractivity contribution in [2.75, 3.05) is 92.7 Å². The molecule has 24 N–H and O–H groups in total. The molecule has 0 aliphatic carbocycles. The number of anilines is 12. The lowest BCUT2D eigenvalue weighted by Gasteiger charge is -2.21. The minimum atomic E-state index is -0.861. The number of unbranched alkanes of at least 4 members (excludes halogenated alkanes) is 1. The van der Waals surface area contributed by atoms with E-state index in [1.807, 2.05) is 96.1 Å². The average molecular weight is 1820 g/mol. The summed E-state index contributed by atoms with van der Waals surface area (Å²) < 4.78 is 0. The number of nitrogens with zero attached hydrogens (tertiary/aromatic N) is 19. The number of hydrogen-bond acceptors (Lipinski definition) is 40. The molecule has 6 atom stereocenters. The van der Waals surface area contributed by atoms with E-state index >= 15 is 0 Å². The van der Waals surface area contributed by atoms with Gasteiger partial charge >= 0.3 is 0 Å². The van der Waals surface area contributed by atoms with Crippen molar-refractivity contribution in [3.05, 3.63) is 139 Å². The van der Waals surface area contributed by atoms with Crippen LogP contribution in [0.3, 0.4) is 0 Å². The quantitative estimate of drug-likeness (QED) is 0.0169. The smallest absolute Gasteiger partial charge is 0.222 e. The summed E-state index contributed by atoms with van der Waals surface area (Å²) in [4.78, 5) is 130. The summed E-state index contributed by atoms with van der Waals surface area (Å²) in [6.45, 7) is 20.2. The Kier molecular flexibility index (Phi) is 42.5. The fourth-order valence-corrected chi connectivity index (χ4v) is 13.9. The van der Waals surface area contributed by atoms with Crippen molar-refractivity contribution in [1.29, 1.82) is 0 Å². The highest BCUT2D eigenvalue weighted by atomic mass is 16.3. The van der Waals surface area contributed by atoms with Crippen molar-refractivity contribution in [2.45, 2.75) is 246 Å². The first kappa shape index (κ1) is 105. The van der Waals surface area contributed by atoms with Gasteiger partial charge in [-0.3, -0.25) is 44.1 Å². The molecule has 0 spiro atoms. The Labute approximate surface area is 773 Å². The topological polar surface area (TPSA) is 648 Å². The van der Waals surface area contributed by atoms with Crippen LogP contribution in [-0.4, -0.2) is 206 Å². The number of ketones is 4. The number of nitrogens with one attached hydrogen (secondary N) is 6. The third kappa shape index (κ3) is 33.5. The van der Waals surface area contributed by atoms with E-state index in [1.165, 1.54) is 0 Å². The normalized spacial score (nSPS) is 12.4. The minimum Gasteiger partial charge on any atom is -0.396 e. The molecule has 13 rings (SSSR count). The highest BCUT2D eigenvalue weighted by Gasteiger charge is 2.27. The number of rotatable bonds is 43. The van der Waals surface area contributed by atoms with Gasteiger partial charge in [-0.1, -0.05) is 92.6 Å². The highest BCUT2D eigenvalue weighted by molar-refractivity contribution is 5.95. The third-order valence-corrected chi connectivity index (χ3v) is 20.6. The largest absolute Gasteiger partial charge is 0.396 e. The number of carbonyl (C=O) groups is 4. The molecule has 13 aromatic rings. The van der Waals surface area contributed by atoms with Gasteiger partial charge in [0.2, 0.25) is 35.7 Å². The Morgan fingerprint density at radius 1 is 0.338 bits per heavy atom. The number of hydrogen-bond donors (Lipinski definition) is 17. The molecular weight excluding hydrogens is 1690 g/mol. The van der Waals surface area contributed by atoms with Gasteiger partial charge in [0.15, 0.2) is 58.0 Å². The number of fused-ring (bicyclic) bond motifs is 6. The Morgan fingerprint density at radius 3 is 0.962 bits per heavy atom. The number of aromatic nitrogens is 19. The molecule has 0 radical (unpaired) electrons. The Bertz CT molecular complexity index is 5750. The van der Waals surface area contributed by atoms with Gasteiger partial charge in [0.25, 0.3) is 0 Å². The van der Waals surface area contributed by atoms with Crippen molar-refractivity contribution in [1.82, 2.24) is 94.7 Å². The van der Waals surface area contributed by atoms with Gasteiger partial charge in [0, 0.05) is 80.4 Å². The summed E-state index contributed by atoms with van der Waals surface area (Å²) in [5, 5.41) is 56.7. The van der Waals surface area contributed by atoms with Gasteiger partial charge < -0.3 is 92.5 Å². The molecule has 0 bridgehead atoms. The van der Waals surface area contributed by atoms with E-state index in [0.717, 1.165) is 81.3 Å². The van der Waals surface area contributed by atoms with Gasteiger partial charge in [-0.25, -0.2) is 39.9 Å². The summed E-state index contributed by atoms with van der Waals surface area (Å²) in [5.41, 5.74) is 49.5. The summed E-state index contributed by atoms with van der Waals surface area (Å²) in [6.07, 6.45) is 23.2. The van der Waals surface area contributed by atoms with Crippen molar-refractivity contribution in [2.24, 2.45) is 5.73 Å². The number of aryl methyl sites for hydroxylation is 3. The molecule has 0 saturated carbocycles. The van der Waals surface area contributed by atoms with Gasteiger partial charge in [-0.05, 0) is 183 Å². The van der Waals surface area contributed by atoms with Crippen molar-refractivity contribution in [3.63, 3.8) is 0 Å². The Hall–Kier alpha value is -13.8. The van der Waals surface area contributed by atoms with E-state index in [0.29, 0.717) is 178 Å². The van der Waals surface area contributed by atoms with Crippen LogP contribution in [0.25, 0.3) is 66.2 Å². The van der Waals surface area contributed by atoms with E-state index < -0.39 is 11.6 Å². The molecule has 0 amide bonds. The maximum atomic E-state index is 12.7. The first-order valence-electron chi connectivity index (χ1n) is 45.2. The predicted molar refractivity (Wildman–Crippen MR) is 525 cm³/mol. The fraction of sp³-hybridized carbons (Fsp3) is 0.452. The lowest BCUT2D eigenvalue weighted by molar-refractivity contribution is -0.121. The number of aliphatic hydroxyl groups is 4. The maximum absolute atomic E-state index is 12.7. The zero-order valence-corrected chi connectivity index (χ0v) is 77.6. The summed E-state index contributed by atoms with van der Waals surface area (Å²) in [6, 6.07) is 26.1. The molecule has 13 heterocycles. The number of carbonyl (C=O) groups excluding carboxylic acids is 4. The van der Waals surface area contributed by atoms with E-state index in [9.17, 15) is 34.5 Å². The molecule has 0 fully saturated rings. The summed E-state index contributed by atoms with van der Waals surface area (Å²) in [7, 11) is 0. The average Bonchev–Trinajstić information content (AvgIpc) is 0.804. The standard InChI is InChI=1S/C19H22N6O.C17H25N5O2.C15H22N6O.C15H21N5O2.C14H21N5O.C13H19N5O/c1-2-6-14(16(26)10-9-13-7-3-4-11-21-13)23-18-17-15(8-5-12-22-17)24-19(20)25-18;1-4-6-11(13(23)8-9-17(2,3)24)20-15-14-12(7-5-10-19-14)21-16(18)22-15;1-2-5-10(12(22)7-3-8-16)19-14-13-11(6-4-9-18-13)20-15(17)21-14;1-2-5-10(12(22)7-4-9-21)18-14-13-11(6-3-8-17-13)19-15(16)20-14;1-3-4-5-10(8-20)17-13-12-11(18-14(15)19-13)7-6-9(2)16-12;1-3-4-9(7-19)16-12-11-10(17-13(14)18-12)6-5-8(2)15-11/h3-5,7-8,11-12,14H,2,6,9-10H2,1H3,(H3,20,23,24,25);5,7,10-11,24H,4,6,8-9H2,1-3H3,(H3,18,20,21,22);4,6,9-10H,2-3,5,7-8,16H2,1H3,(H3,17,19,20,21);3,6,8,10,21H,2,4-5,7,9H2,1H3,(H3,16,18,19,20);6-7,10,20H,3-5,8H2,1-2H3,(H3,15,17,18,19);5-6,9,19H,3-4,7H2,1-2H3,(H3,14,16,17,18)/t14-;11-;3*10-;9-/m000000/s1. The molecule has 13 aromatic heterocycles. The second kappa shape index (κ2) is 54.1. The SMILES string of the molecule is CCCC[C@@H](CO)Nc1nc(N)nc2ccc(C)nc12.CCC[C@@H](CO)Nc1nc(N)nc2ccc(C)nc12.CCC[C@H](Nc1nc(N)nc2cccnc12)C(=O)CCC(C)(C)O.CCC[C@H](Nc1nc(N)nc2cccnc12)C(=O)CCCN.CCC[C@H](Nc1nc(N)nc2cccnc12)C(=O)CCCO.CCC[C@H](Nc1nc(N)nc2cccnc12)C(=O)CCc1ccccn1. The molecule has 40 nitrogen and oxygen atoms in total. The number of nitrogens with two attached hydrogens (primary N) is 7. The van der Waals surface area contributed by atoms with Crippen LogP contribution in [0, 0.1) is 13.8 Å². The molecule has 0 aliphatic rings. The third-order valence-electron chi connectivity index (χ3n) is 20.6. The predicted octanol–water partition coefficient (Wildman–Crippen LogP) is 11.5. The molecule has 710 valence electrons. The monoisotopic (exact) mass is 1820 g/mol. The van der Waals surface area contributed by atoms with Gasteiger partial charge in [0.05, 0.1) is 88.2 Å². The van der Waals surface area contributed by atoms with Crippen LogP contribution in [0.2, 0.25) is 0 Å². The second-order valence-electron chi connectivity index (χ2n) is 32.3. The number of nitrogen functional groups attached to an aromatic ring is 6. The second-order valence-corrected chi connectivity index (χ2v) is 32.3. The Balaban J connectivity index is 0.000000197. The van der Waals surface area contributed by atoms with Gasteiger partial charge in [0.1, 0.15) is 33.1 Å². The summed E-state index contributed by atoms with van der Waals surface area (Å²) in [5.74, 6) is 4.46. The zero-order chi connectivity index (χ0) is 96.4. The molecule has 40 heteroatoms. The fourth-order valence-electron chi connectivity index (χ4n) is 13.9. The number of aliphatic hydroxyl groups excluding tert-OH is 3. The van der Waals surface area contributed by atoms with Crippen molar-refractivity contribution in [3.8, 4) is 0 Å². The van der Waals surface area contributed by atoms with E-state index in [2.05, 4.69) is 140 Å². The van der Waals surface area contributed by atoms with Crippen LogP contribution >= 0.6 is 0 Å². The highest BCUT2D eigenvalue weighted by Crippen LogP contribution is 2.29.